The third-order valence-electron chi connectivity index (χ3n) is 10.5. The number of hydrogen-bond acceptors (Lipinski definition) is 16. The van der Waals surface area contributed by atoms with Gasteiger partial charge in [-0.25, -0.2) is 4.98 Å². The van der Waals surface area contributed by atoms with Crippen molar-refractivity contribution in [1.29, 1.82) is 0 Å². The standard InChI is InChI=1S/C49H78N8O13/c1-39-3-4-40(38-57-46(45(47(51)52)49(57)53-2)43-36-42-6-10-55-48(42)56-37-43)35-41(39)5-9-54-44(58)7-11-59-13-15-61-17-19-63-21-23-65-25-27-67-29-31-69-33-34-70-32-30-68-28-26-66-24-22-64-20-18-62-16-14-60-12-8-50/h3-4,6,10,35-37H,5,7-9,11-34,38,50H2,1-2H3,(H3,51,52)(H,54,58)(H,55,56)/p+1. The quantitative estimate of drug-likeness (QED) is 0.0293. The minimum atomic E-state index is -0.0603. The van der Waals surface area contributed by atoms with E-state index in [1.807, 2.05) is 18.5 Å². The first-order chi connectivity index (χ1) is 34.4. The van der Waals surface area contributed by atoms with Gasteiger partial charge in [-0.15, -0.1) is 0 Å². The van der Waals surface area contributed by atoms with E-state index in [-0.39, 0.29) is 18.2 Å². The van der Waals surface area contributed by atoms with Gasteiger partial charge in [-0.3, -0.25) is 20.9 Å². The molecule has 21 heteroatoms. The van der Waals surface area contributed by atoms with Crippen LogP contribution in [0.2, 0.25) is 0 Å². The number of nitrogens with zero attached hydrogens (tertiary/aromatic N) is 3. The number of ether oxygens (including phenoxy) is 12. The number of amides is 1. The highest BCUT2D eigenvalue weighted by molar-refractivity contribution is 6.33. The van der Waals surface area contributed by atoms with E-state index < -0.39 is 0 Å². The third-order valence-corrected chi connectivity index (χ3v) is 10.5. The molecule has 0 radical (unpaired) electrons. The summed E-state index contributed by atoms with van der Waals surface area (Å²) >= 11 is 0. The molecular weight excluding hydrogens is 909 g/mol. The number of aromatic amines is 1. The zero-order chi connectivity index (χ0) is 49.7. The zero-order valence-corrected chi connectivity index (χ0v) is 41.4. The lowest BCUT2D eigenvalue weighted by atomic mass is 9.93. The lowest BCUT2D eigenvalue weighted by Crippen LogP contribution is -2.55. The molecule has 0 unspecified atom stereocenters. The van der Waals surface area contributed by atoms with Crippen molar-refractivity contribution in [2.75, 3.05) is 179 Å². The number of H-pyrrole nitrogens is 1. The molecule has 0 bridgehead atoms. The monoisotopic (exact) mass is 988 g/mol. The largest absolute Gasteiger partial charge is 0.379 e. The highest BCUT2D eigenvalue weighted by atomic mass is 16.6. The van der Waals surface area contributed by atoms with Crippen LogP contribution < -0.4 is 22.2 Å². The topological polar surface area (TPSA) is 262 Å². The number of nitrogens with two attached hydrogens (primary N) is 3. The van der Waals surface area contributed by atoms with Gasteiger partial charge in [0.15, 0.2) is 0 Å². The molecule has 8 N–H and O–H groups in total. The minimum absolute atomic E-state index is 0.0603. The summed E-state index contributed by atoms with van der Waals surface area (Å²) in [5.74, 6) is 0.886. The van der Waals surface area contributed by atoms with E-state index in [1.54, 1.807) is 7.05 Å². The molecule has 21 nitrogen and oxygen atoms in total. The van der Waals surface area contributed by atoms with Crippen LogP contribution in [0.3, 0.4) is 0 Å². The van der Waals surface area contributed by atoms with E-state index in [9.17, 15) is 4.79 Å². The summed E-state index contributed by atoms with van der Waals surface area (Å²) < 4.78 is 65.8. The molecule has 0 atom stereocenters. The van der Waals surface area contributed by atoms with E-state index in [0.717, 1.165) is 50.4 Å². The fourth-order valence-electron chi connectivity index (χ4n) is 6.92. The number of pyridine rings is 1. The molecule has 2 aromatic heterocycles. The molecule has 1 aliphatic rings. The number of aryl methyl sites for hydroxylation is 1. The molecule has 4 rings (SSSR count). The molecule has 3 heterocycles. The van der Waals surface area contributed by atoms with Gasteiger partial charge >= 0.3 is 0 Å². The van der Waals surface area contributed by atoms with Gasteiger partial charge < -0.3 is 77.8 Å². The molecule has 1 aromatic carbocycles. The lowest BCUT2D eigenvalue weighted by molar-refractivity contribution is -0.122. The van der Waals surface area contributed by atoms with Gasteiger partial charge in [0.25, 0.3) is 5.84 Å². The van der Waals surface area contributed by atoms with Gasteiger partial charge in [-0.1, -0.05) is 18.2 Å². The number of carbonyl (C=O) groups excluding carboxylic acids is 1. The summed E-state index contributed by atoms with van der Waals surface area (Å²) in [6.07, 6.45) is 4.64. The van der Waals surface area contributed by atoms with Crippen LogP contribution >= 0.6 is 0 Å². The summed E-state index contributed by atoms with van der Waals surface area (Å²) in [7, 11) is 1.73. The summed E-state index contributed by atoms with van der Waals surface area (Å²) in [6.45, 7) is 15.2. The van der Waals surface area contributed by atoms with E-state index >= 15 is 0 Å². The Labute approximate surface area is 412 Å². The smallest absolute Gasteiger partial charge is 0.276 e. The van der Waals surface area contributed by atoms with Gasteiger partial charge in [0.05, 0.1) is 164 Å². The van der Waals surface area contributed by atoms with Crippen molar-refractivity contribution in [3.05, 3.63) is 70.6 Å². The van der Waals surface area contributed by atoms with Crippen LogP contribution in [0.1, 0.15) is 28.7 Å². The molecule has 1 amide bonds. The maximum absolute atomic E-state index is 12.5. The number of carbonyl (C=O) groups is 1. The highest BCUT2D eigenvalue weighted by Gasteiger charge is 2.39. The number of benzene rings is 1. The summed E-state index contributed by atoms with van der Waals surface area (Å²) in [4.78, 5) is 26.8. The van der Waals surface area contributed by atoms with Crippen LogP contribution in [0.15, 0.2) is 53.3 Å². The van der Waals surface area contributed by atoms with E-state index in [0.29, 0.717) is 185 Å². The molecule has 0 spiro atoms. The Morgan fingerprint density at radius 3 is 1.57 bits per heavy atom. The second kappa shape index (κ2) is 37.3. The predicted octanol–water partition coefficient (Wildman–Crippen LogP) is 0.450. The number of aromatic nitrogens is 2. The molecule has 1 aliphatic heterocycles. The second-order valence-electron chi connectivity index (χ2n) is 15.7. The van der Waals surface area contributed by atoms with Crippen molar-refractivity contribution in [3.63, 3.8) is 0 Å². The van der Waals surface area contributed by atoms with Crippen molar-refractivity contribution in [1.82, 2.24) is 20.2 Å². The summed E-state index contributed by atoms with van der Waals surface area (Å²) in [6, 6.07) is 10.4. The highest BCUT2D eigenvalue weighted by Crippen LogP contribution is 2.36. The van der Waals surface area contributed by atoms with Gasteiger partial charge in [0.1, 0.15) is 17.1 Å². The van der Waals surface area contributed by atoms with Crippen LogP contribution in [0.25, 0.3) is 16.7 Å². The Hall–Kier alpha value is -4.46. The van der Waals surface area contributed by atoms with Crippen LogP contribution in [0.5, 0.6) is 0 Å². The summed E-state index contributed by atoms with van der Waals surface area (Å²) in [5.41, 5.74) is 18.2. The van der Waals surface area contributed by atoms with Crippen molar-refractivity contribution in [2.45, 2.75) is 26.3 Å². The number of fused-ring (bicyclic) bond motifs is 1. The van der Waals surface area contributed by atoms with Crippen molar-refractivity contribution in [2.24, 2.45) is 16.5 Å². The maximum Gasteiger partial charge on any atom is 0.276 e. The number of nitrogens with one attached hydrogen (secondary N) is 2. The Morgan fingerprint density at radius 2 is 1.13 bits per heavy atom. The molecule has 0 saturated heterocycles. The van der Waals surface area contributed by atoms with Gasteiger partial charge in [0.2, 0.25) is 5.91 Å². The Bertz CT molecular complexity index is 1950. The van der Waals surface area contributed by atoms with Crippen LogP contribution in [0, 0.1) is 6.92 Å². The average Bonchev–Trinajstić information content (AvgIpc) is 3.83. The van der Waals surface area contributed by atoms with Crippen molar-refractivity contribution >= 4 is 34.3 Å². The SMILES string of the molecule is CN=C1C(C(N)=[NH2+])=C(c2cnc3[nH]ccc3c2)N1Cc1ccc(C)c(CCNC(=O)CCOCCOCCOCCOCCOCCOCCOCCOCCOCCOCCOCCOCCN)c1. The van der Waals surface area contributed by atoms with Crippen LogP contribution in [-0.4, -0.2) is 211 Å². The zero-order valence-electron chi connectivity index (χ0n) is 41.4. The first-order valence-electron chi connectivity index (χ1n) is 24.2. The second-order valence-corrected chi connectivity index (χ2v) is 15.7. The van der Waals surface area contributed by atoms with Gasteiger partial charge in [0, 0.05) is 56.4 Å². The minimum Gasteiger partial charge on any atom is -0.379 e. The van der Waals surface area contributed by atoms with E-state index in [4.69, 9.17) is 73.7 Å². The first kappa shape index (κ1) is 58.1. The Balaban J connectivity index is 0.866. The van der Waals surface area contributed by atoms with Gasteiger partial charge in [-0.2, -0.15) is 0 Å². The number of aliphatic imine (C=N–C) groups is 1. The molecule has 0 aliphatic carbocycles. The van der Waals surface area contributed by atoms with Crippen LogP contribution in [0.4, 0.5) is 0 Å². The first-order valence-corrected chi connectivity index (χ1v) is 24.2. The number of amidine groups is 2. The molecule has 70 heavy (non-hydrogen) atoms. The number of rotatable bonds is 45. The summed E-state index contributed by atoms with van der Waals surface area (Å²) in [5, 5.41) is 10.1. The van der Waals surface area contributed by atoms with Crippen LogP contribution in [-0.2, 0) is 74.6 Å². The number of hydrogen-bond donors (Lipinski definition) is 5. The van der Waals surface area contributed by atoms with Gasteiger partial charge in [-0.05, 0) is 42.2 Å². The molecular formula is C49H79N8O13+. The molecule has 3 aromatic rings. The fourth-order valence-corrected chi connectivity index (χ4v) is 6.92. The lowest BCUT2D eigenvalue weighted by Gasteiger charge is -2.38. The van der Waals surface area contributed by atoms with Crippen molar-refractivity contribution in [3.8, 4) is 0 Å². The molecule has 0 fully saturated rings. The molecule has 0 saturated carbocycles. The third kappa shape index (κ3) is 23.6. The van der Waals surface area contributed by atoms with Crippen molar-refractivity contribution < 1.29 is 67.0 Å². The fraction of sp³-hybridized carbons (Fsp3) is 0.633. The molecule has 392 valence electrons. The Kier molecular flexibility index (Phi) is 31.0. The normalized spacial score (nSPS) is 13.2. The average molecular weight is 988 g/mol. The Morgan fingerprint density at radius 1 is 0.671 bits per heavy atom. The maximum atomic E-state index is 12.5. The van der Waals surface area contributed by atoms with E-state index in [2.05, 4.69) is 56.4 Å². The van der Waals surface area contributed by atoms with E-state index in [1.165, 1.54) is 0 Å². The predicted molar refractivity (Wildman–Crippen MR) is 264 cm³/mol.